The molecule has 1 aliphatic rings. The number of carbonyl (C=O) groups is 1. The molecule has 1 saturated heterocycles. The third kappa shape index (κ3) is 4.46. The topological polar surface area (TPSA) is 42.4 Å². The Labute approximate surface area is 133 Å². The van der Waals surface area contributed by atoms with Crippen molar-refractivity contribution in [3.63, 3.8) is 0 Å². The summed E-state index contributed by atoms with van der Waals surface area (Å²) in [5.74, 6) is 0.959. The van der Waals surface area contributed by atoms with Crippen LogP contribution in [0.4, 0.5) is 4.79 Å². The van der Waals surface area contributed by atoms with Gasteiger partial charge in [0.25, 0.3) is 0 Å². The summed E-state index contributed by atoms with van der Waals surface area (Å²) in [5, 5.41) is 0. The highest BCUT2D eigenvalue weighted by molar-refractivity contribution is 5.68. The third-order valence-corrected chi connectivity index (χ3v) is 4.01. The largest absolute Gasteiger partial charge is 0.444 e. The van der Waals surface area contributed by atoms with Crippen molar-refractivity contribution in [1.82, 2.24) is 9.88 Å². The van der Waals surface area contributed by atoms with Gasteiger partial charge >= 0.3 is 6.09 Å². The summed E-state index contributed by atoms with van der Waals surface area (Å²) in [7, 11) is 0. The van der Waals surface area contributed by atoms with E-state index in [1.165, 1.54) is 5.56 Å². The van der Waals surface area contributed by atoms with Gasteiger partial charge in [0.2, 0.25) is 0 Å². The maximum Gasteiger partial charge on any atom is 0.410 e. The molecule has 4 heteroatoms. The van der Waals surface area contributed by atoms with Crippen molar-refractivity contribution in [1.29, 1.82) is 0 Å². The van der Waals surface area contributed by atoms with Gasteiger partial charge < -0.3 is 9.64 Å². The lowest BCUT2D eigenvalue weighted by Crippen LogP contribution is -2.41. The fourth-order valence-electron chi connectivity index (χ4n) is 2.76. The molecule has 0 atom stereocenters. The van der Waals surface area contributed by atoms with Crippen LogP contribution in [0.25, 0.3) is 0 Å². The zero-order chi connectivity index (χ0) is 16.3. The Balaban J connectivity index is 1.95. The summed E-state index contributed by atoms with van der Waals surface area (Å²) in [4.78, 5) is 18.4. The number of pyridine rings is 1. The second kappa shape index (κ2) is 6.67. The quantitative estimate of drug-likeness (QED) is 0.817. The smallest absolute Gasteiger partial charge is 0.410 e. The average Bonchev–Trinajstić information content (AvgIpc) is 2.46. The molecule has 0 bridgehead atoms. The maximum absolute atomic E-state index is 12.1. The van der Waals surface area contributed by atoms with Gasteiger partial charge in [0.15, 0.2) is 0 Å². The van der Waals surface area contributed by atoms with E-state index in [0.29, 0.717) is 11.8 Å². The minimum Gasteiger partial charge on any atom is -0.444 e. The summed E-state index contributed by atoms with van der Waals surface area (Å²) in [5.41, 5.74) is 2.07. The molecule has 1 amide bonds. The van der Waals surface area contributed by atoms with Crippen LogP contribution in [0.3, 0.4) is 0 Å². The molecule has 0 spiro atoms. The molecular weight excluding hydrogens is 276 g/mol. The number of ether oxygens (including phenoxy) is 1. The lowest BCUT2D eigenvalue weighted by Gasteiger charge is -2.33. The van der Waals surface area contributed by atoms with Crippen LogP contribution >= 0.6 is 0 Å². The second-order valence-corrected chi connectivity index (χ2v) is 7.41. The van der Waals surface area contributed by atoms with E-state index in [-0.39, 0.29) is 6.09 Å². The minimum absolute atomic E-state index is 0.191. The molecular formula is C18H28N2O2. The predicted octanol–water partition coefficient (Wildman–Crippen LogP) is 4.32. The predicted molar refractivity (Wildman–Crippen MR) is 88.1 cm³/mol. The van der Waals surface area contributed by atoms with E-state index in [4.69, 9.17) is 4.74 Å². The molecule has 2 rings (SSSR count). The van der Waals surface area contributed by atoms with Crippen LogP contribution in [-0.4, -0.2) is 34.7 Å². The second-order valence-electron chi connectivity index (χ2n) is 7.41. The number of hydrogen-bond donors (Lipinski definition) is 0. The maximum atomic E-state index is 12.1. The van der Waals surface area contributed by atoms with Crippen molar-refractivity contribution in [2.24, 2.45) is 0 Å². The number of aromatic nitrogens is 1. The van der Waals surface area contributed by atoms with Crippen LogP contribution < -0.4 is 0 Å². The van der Waals surface area contributed by atoms with Crippen LogP contribution in [0.5, 0.6) is 0 Å². The van der Waals surface area contributed by atoms with E-state index in [2.05, 4.69) is 31.0 Å². The number of nitrogens with zero attached hydrogens (tertiary/aromatic N) is 2. The van der Waals surface area contributed by atoms with Gasteiger partial charge in [-0.3, -0.25) is 4.98 Å². The summed E-state index contributed by atoms with van der Waals surface area (Å²) in [6.45, 7) is 11.6. The first-order valence-electron chi connectivity index (χ1n) is 8.20. The number of amides is 1. The summed E-state index contributed by atoms with van der Waals surface area (Å²) in [6, 6.07) is 4.33. The van der Waals surface area contributed by atoms with Gasteiger partial charge in [-0.15, -0.1) is 0 Å². The van der Waals surface area contributed by atoms with Crippen LogP contribution in [-0.2, 0) is 4.74 Å². The summed E-state index contributed by atoms with van der Waals surface area (Å²) < 4.78 is 5.45. The van der Waals surface area contributed by atoms with Crippen LogP contribution in [0.1, 0.15) is 70.6 Å². The van der Waals surface area contributed by atoms with Crippen molar-refractivity contribution in [3.8, 4) is 0 Å². The van der Waals surface area contributed by atoms with E-state index < -0.39 is 5.60 Å². The Morgan fingerprint density at radius 3 is 2.50 bits per heavy atom. The fourth-order valence-corrected chi connectivity index (χ4v) is 2.76. The number of hydrogen-bond acceptors (Lipinski definition) is 3. The van der Waals surface area contributed by atoms with Crippen molar-refractivity contribution < 1.29 is 9.53 Å². The Hall–Kier alpha value is -1.58. The molecule has 1 aromatic heterocycles. The van der Waals surface area contributed by atoms with E-state index in [0.717, 1.165) is 31.6 Å². The standard InChI is InChI=1S/C18H28N2O2/c1-13(2)16-12-15(6-9-19-16)14-7-10-20(11-8-14)17(21)22-18(3,4)5/h6,9,12-14H,7-8,10-11H2,1-5H3. The van der Waals surface area contributed by atoms with Gasteiger partial charge in [0.1, 0.15) is 5.60 Å². The van der Waals surface area contributed by atoms with Crippen LogP contribution in [0.2, 0.25) is 0 Å². The van der Waals surface area contributed by atoms with E-state index in [9.17, 15) is 4.79 Å². The van der Waals surface area contributed by atoms with E-state index in [1.54, 1.807) is 0 Å². The van der Waals surface area contributed by atoms with Gasteiger partial charge in [-0.05, 0) is 63.1 Å². The highest BCUT2D eigenvalue weighted by atomic mass is 16.6. The fraction of sp³-hybridized carbons (Fsp3) is 0.667. The first-order valence-corrected chi connectivity index (χ1v) is 8.20. The molecule has 0 N–H and O–H groups in total. The normalized spacial score (nSPS) is 16.9. The lowest BCUT2D eigenvalue weighted by molar-refractivity contribution is 0.0205. The number of carbonyl (C=O) groups excluding carboxylic acids is 1. The van der Waals surface area contributed by atoms with Gasteiger partial charge in [-0.1, -0.05) is 13.8 Å². The van der Waals surface area contributed by atoms with Crippen LogP contribution in [0.15, 0.2) is 18.3 Å². The van der Waals surface area contributed by atoms with Gasteiger partial charge in [-0.2, -0.15) is 0 Å². The first kappa shape index (κ1) is 16.8. The first-order chi connectivity index (χ1) is 10.3. The highest BCUT2D eigenvalue weighted by Crippen LogP contribution is 2.29. The molecule has 0 aromatic carbocycles. The highest BCUT2D eigenvalue weighted by Gasteiger charge is 2.27. The number of likely N-dealkylation sites (tertiary alicyclic amines) is 1. The Morgan fingerprint density at radius 1 is 1.32 bits per heavy atom. The molecule has 0 saturated carbocycles. The molecule has 0 aliphatic carbocycles. The zero-order valence-electron chi connectivity index (χ0n) is 14.4. The van der Waals surface area contributed by atoms with Crippen molar-refractivity contribution in [2.45, 2.75) is 64.9 Å². The zero-order valence-corrected chi connectivity index (χ0v) is 14.4. The molecule has 1 aliphatic heterocycles. The Bertz CT molecular complexity index is 512. The molecule has 0 unspecified atom stereocenters. The molecule has 2 heterocycles. The molecule has 1 aromatic rings. The van der Waals surface area contributed by atoms with E-state index >= 15 is 0 Å². The summed E-state index contributed by atoms with van der Waals surface area (Å²) in [6.07, 6.45) is 3.69. The monoisotopic (exact) mass is 304 g/mol. The molecule has 4 nitrogen and oxygen atoms in total. The average molecular weight is 304 g/mol. The number of piperidine rings is 1. The Morgan fingerprint density at radius 2 is 1.95 bits per heavy atom. The molecule has 122 valence electrons. The molecule has 1 fully saturated rings. The van der Waals surface area contributed by atoms with Crippen molar-refractivity contribution >= 4 is 6.09 Å². The van der Waals surface area contributed by atoms with Crippen molar-refractivity contribution in [3.05, 3.63) is 29.6 Å². The van der Waals surface area contributed by atoms with E-state index in [1.807, 2.05) is 31.9 Å². The number of rotatable bonds is 2. The minimum atomic E-state index is -0.425. The third-order valence-electron chi connectivity index (χ3n) is 4.01. The summed E-state index contributed by atoms with van der Waals surface area (Å²) >= 11 is 0. The van der Waals surface area contributed by atoms with Crippen LogP contribution in [0, 0.1) is 0 Å². The SMILES string of the molecule is CC(C)c1cc(C2CCN(C(=O)OC(C)(C)C)CC2)ccn1. The lowest BCUT2D eigenvalue weighted by atomic mass is 9.89. The van der Waals surface area contributed by atoms with Crippen molar-refractivity contribution in [2.75, 3.05) is 13.1 Å². The van der Waals surface area contributed by atoms with Gasteiger partial charge in [-0.25, -0.2) is 4.79 Å². The van der Waals surface area contributed by atoms with Gasteiger partial charge in [0, 0.05) is 25.0 Å². The Kier molecular flexibility index (Phi) is 5.09. The van der Waals surface area contributed by atoms with Gasteiger partial charge in [0.05, 0.1) is 0 Å². The molecule has 0 radical (unpaired) electrons. The molecule has 22 heavy (non-hydrogen) atoms.